The molecule has 0 aliphatic carbocycles. The number of nitrogens with zero attached hydrogens (tertiary/aromatic N) is 6. The maximum atomic E-state index is 9.58. The van der Waals surface area contributed by atoms with Gasteiger partial charge in [0.1, 0.15) is 11.8 Å². The van der Waals surface area contributed by atoms with Crippen LogP contribution in [0.5, 0.6) is 5.88 Å². The molecular formula is C25H26N6O2. The van der Waals surface area contributed by atoms with Gasteiger partial charge in [-0.1, -0.05) is 12.1 Å². The Kier molecular flexibility index (Phi) is 6.07. The molecule has 1 aromatic carbocycles. The van der Waals surface area contributed by atoms with Crippen LogP contribution in [-0.4, -0.2) is 44.8 Å². The van der Waals surface area contributed by atoms with Crippen molar-refractivity contribution in [3.63, 3.8) is 0 Å². The van der Waals surface area contributed by atoms with Crippen molar-refractivity contribution in [3.05, 3.63) is 54.0 Å². The van der Waals surface area contributed by atoms with Crippen molar-refractivity contribution in [1.29, 1.82) is 5.26 Å². The predicted octanol–water partition coefficient (Wildman–Crippen LogP) is 4.56. The fourth-order valence-electron chi connectivity index (χ4n) is 3.54. The van der Waals surface area contributed by atoms with Gasteiger partial charge in [0.25, 0.3) is 0 Å². The Balaban J connectivity index is 1.77. The highest BCUT2D eigenvalue weighted by molar-refractivity contribution is 5.88. The van der Waals surface area contributed by atoms with Crippen LogP contribution >= 0.6 is 0 Å². The van der Waals surface area contributed by atoms with Gasteiger partial charge in [-0.25, -0.2) is 4.98 Å². The number of hydrogen-bond donors (Lipinski definition) is 0. The summed E-state index contributed by atoms with van der Waals surface area (Å²) in [6, 6.07) is 11.9. The zero-order valence-corrected chi connectivity index (χ0v) is 19.5. The van der Waals surface area contributed by atoms with Crippen LogP contribution in [0.3, 0.4) is 0 Å². The molecule has 0 N–H and O–H groups in total. The first-order valence-electron chi connectivity index (χ1n) is 10.6. The summed E-state index contributed by atoms with van der Waals surface area (Å²) in [6.45, 7) is 6.73. The highest BCUT2D eigenvalue weighted by Crippen LogP contribution is 2.33. The van der Waals surface area contributed by atoms with Gasteiger partial charge in [0.15, 0.2) is 0 Å². The van der Waals surface area contributed by atoms with E-state index in [-0.39, 0.29) is 5.60 Å². The lowest BCUT2D eigenvalue weighted by atomic mass is 9.98. The zero-order valence-electron chi connectivity index (χ0n) is 19.5. The Morgan fingerprint density at radius 2 is 1.91 bits per heavy atom. The van der Waals surface area contributed by atoms with E-state index in [1.807, 2.05) is 54.3 Å². The topological polar surface area (TPSA) is 98.7 Å². The second-order valence-electron chi connectivity index (χ2n) is 8.53. The molecule has 0 radical (unpaired) electrons. The number of pyridine rings is 1. The van der Waals surface area contributed by atoms with Crippen molar-refractivity contribution in [2.45, 2.75) is 39.3 Å². The molecule has 168 valence electrons. The first-order chi connectivity index (χ1) is 15.8. The summed E-state index contributed by atoms with van der Waals surface area (Å²) in [4.78, 5) is 4.69. The van der Waals surface area contributed by atoms with Crippen molar-refractivity contribution < 1.29 is 9.47 Å². The van der Waals surface area contributed by atoms with Gasteiger partial charge in [-0.05, 0) is 44.9 Å². The predicted molar refractivity (Wildman–Crippen MR) is 126 cm³/mol. The second-order valence-corrected chi connectivity index (χ2v) is 8.53. The SMILES string of the molecule is COc1cc2ccc(-c3nc(C#N)c(C)cc3-c3cnn(CCC(C)(C)OC)c3)cc2nn1. The van der Waals surface area contributed by atoms with Gasteiger partial charge in [-0.15, -0.1) is 10.2 Å². The maximum Gasteiger partial charge on any atom is 0.233 e. The molecule has 8 heteroatoms. The summed E-state index contributed by atoms with van der Waals surface area (Å²) in [6.07, 6.45) is 4.66. The van der Waals surface area contributed by atoms with Crippen LogP contribution in [-0.2, 0) is 11.3 Å². The average molecular weight is 443 g/mol. The van der Waals surface area contributed by atoms with E-state index < -0.39 is 0 Å². The molecule has 0 saturated carbocycles. The third-order valence-electron chi connectivity index (χ3n) is 5.81. The molecule has 4 rings (SSSR count). The number of rotatable bonds is 7. The summed E-state index contributed by atoms with van der Waals surface area (Å²) >= 11 is 0. The van der Waals surface area contributed by atoms with Crippen molar-refractivity contribution >= 4 is 10.9 Å². The molecule has 0 unspecified atom stereocenters. The van der Waals surface area contributed by atoms with E-state index in [2.05, 4.69) is 35.2 Å². The molecule has 0 aliphatic rings. The number of fused-ring (bicyclic) bond motifs is 1. The van der Waals surface area contributed by atoms with Crippen LogP contribution in [0.25, 0.3) is 33.3 Å². The van der Waals surface area contributed by atoms with Crippen LogP contribution in [0, 0.1) is 18.3 Å². The number of benzene rings is 1. The monoisotopic (exact) mass is 442 g/mol. The summed E-state index contributed by atoms with van der Waals surface area (Å²) in [5.74, 6) is 0.459. The first-order valence-corrected chi connectivity index (χ1v) is 10.6. The van der Waals surface area contributed by atoms with Crippen molar-refractivity contribution in [2.75, 3.05) is 14.2 Å². The molecule has 0 saturated heterocycles. The Labute approximate surface area is 192 Å². The smallest absolute Gasteiger partial charge is 0.233 e. The van der Waals surface area contributed by atoms with E-state index in [9.17, 15) is 5.26 Å². The van der Waals surface area contributed by atoms with Crippen LogP contribution in [0.1, 0.15) is 31.5 Å². The second kappa shape index (κ2) is 8.96. The number of ether oxygens (including phenoxy) is 2. The highest BCUT2D eigenvalue weighted by Gasteiger charge is 2.18. The van der Waals surface area contributed by atoms with Gasteiger partial charge < -0.3 is 9.47 Å². The van der Waals surface area contributed by atoms with Gasteiger partial charge in [0, 0.05) is 48.0 Å². The molecule has 3 heterocycles. The largest absolute Gasteiger partial charge is 0.480 e. The van der Waals surface area contributed by atoms with Crippen molar-refractivity contribution in [1.82, 2.24) is 25.0 Å². The van der Waals surface area contributed by atoms with E-state index in [1.54, 1.807) is 14.2 Å². The molecule has 0 atom stereocenters. The molecule has 33 heavy (non-hydrogen) atoms. The van der Waals surface area contributed by atoms with Crippen LogP contribution in [0.15, 0.2) is 42.7 Å². The van der Waals surface area contributed by atoms with Gasteiger partial charge in [0.2, 0.25) is 5.88 Å². The lowest BCUT2D eigenvalue weighted by molar-refractivity contribution is 0.0113. The summed E-state index contributed by atoms with van der Waals surface area (Å²) in [7, 11) is 3.28. The molecule has 4 aromatic rings. The molecule has 0 amide bonds. The standard InChI is InChI=1S/C25H26N6O2/c1-16-10-20(19-14-27-31(15-19)9-8-25(2,3)33-5)24(28-22(16)13-26)18-7-6-17-12-23(32-4)30-29-21(17)11-18/h6-7,10-12,14-15H,8-9H2,1-5H3. The van der Waals surface area contributed by atoms with E-state index in [0.29, 0.717) is 17.3 Å². The van der Waals surface area contributed by atoms with E-state index in [0.717, 1.165) is 46.1 Å². The Bertz CT molecular complexity index is 1350. The zero-order chi connectivity index (χ0) is 23.6. The van der Waals surface area contributed by atoms with E-state index in [4.69, 9.17) is 14.5 Å². The van der Waals surface area contributed by atoms with Gasteiger partial charge in [-0.3, -0.25) is 4.68 Å². The van der Waals surface area contributed by atoms with Crippen molar-refractivity contribution in [3.8, 4) is 34.3 Å². The van der Waals surface area contributed by atoms with Gasteiger partial charge in [0.05, 0.1) is 30.1 Å². The lowest BCUT2D eigenvalue weighted by Gasteiger charge is -2.22. The fourth-order valence-corrected chi connectivity index (χ4v) is 3.54. The molecule has 0 bridgehead atoms. The van der Waals surface area contributed by atoms with Crippen LogP contribution in [0.4, 0.5) is 0 Å². The van der Waals surface area contributed by atoms with E-state index in [1.165, 1.54) is 0 Å². The fraction of sp³-hybridized carbons (Fsp3) is 0.320. The number of aromatic nitrogens is 5. The summed E-state index contributed by atoms with van der Waals surface area (Å²) in [5, 5.41) is 23.4. The molecule has 3 aromatic heterocycles. The van der Waals surface area contributed by atoms with Crippen LogP contribution in [0.2, 0.25) is 0 Å². The molecule has 0 spiro atoms. The maximum absolute atomic E-state index is 9.58. The average Bonchev–Trinajstić information content (AvgIpc) is 3.31. The van der Waals surface area contributed by atoms with Gasteiger partial charge >= 0.3 is 0 Å². The highest BCUT2D eigenvalue weighted by atomic mass is 16.5. The normalized spacial score (nSPS) is 11.5. The third kappa shape index (κ3) is 4.69. The minimum Gasteiger partial charge on any atom is -0.480 e. The molecule has 0 aliphatic heterocycles. The Hall–Kier alpha value is -3.83. The third-order valence-corrected chi connectivity index (χ3v) is 5.81. The quantitative estimate of drug-likeness (QED) is 0.414. The Morgan fingerprint density at radius 1 is 1.09 bits per heavy atom. The number of hydrogen-bond acceptors (Lipinski definition) is 7. The molecule has 8 nitrogen and oxygen atoms in total. The van der Waals surface area contributed by atoms with Crippen LogP contribution < -0.4 is 4.74 Å². The minimum absolute atomic E-state index is 0.224. The summed E-state index contributed by atoms with van der Waals surface area (Å²) < 4.78 is 12.6. The molecular weight excluding hydrogens is 416 g/mol. The first kappa shape index (κ1) is 22.4. The number of nitriles is 1. The molecule has 0 fully saturated rings. The Morgan fingerprint density at radius 3 is 2.64 bits per heavy atom. The van der Waals surface area contributed by atoms with Gasteiger partial charge in [-0.2, -0.15) is 10.4 Å². The van der Waals surface area contributed by atoms with E-state index >= 15 is 0 Å². The number of methoxy groups -OCH3 is 2. The minimum atomic E-state index is -0.224. The summed E-state index contributed by atoms with van der Waals surface area (Å²) in [5.41, 5.74) is 5.09. The lowest BCUT2D eigenvalue weighted by Crippen LogP contribution is -2.24. The number of aryl methyl sites for hydroxylation is 2. The van der Waals surface area contributed by atoms with Crippen molar-refractivity contribution in [2.24, 2.45) is 0 Å².